The molecule has 0 aromatic heterocycles. The highest BCUT2D eigenvalue weighted by molar-refractivity contribution is 5.79. The molecule has 6 heteroatoms. The molecule has 0 aliphatic rings. The number of hydrogen-bond donors (Lipinski definition) is 2. The van der Waals surface area contributed by atoms with E-state index in [9.17, 15) is 0 Å². The van der Waals surface area contributed by atoms with Crippen molar-refractivity contribution >= 4 is 5.96 Å². The summed E-state index contributed by atoms with van der Waals surface area (Å²) < 4.78 is 16.7. The van der Waals surface area contributed by atoms with E-state index in [1.807, 2.05) is 49.4 Å². The van der Waals surface area contributed by atoms with E-state index in [-0.39, 0.29) is 0 Å². The lowest BCUT2D eigenvalue weighted by atomic mass is 10.2. The second kappa shape index (κ2) is 11.5. The van der Waals surface area contributed by atoms with Crippen molar-refractivity contribution in [2.75, 3.05) is 27.4 Å². The topological polar surface area (TPSA) is 64.1 Å². The third kappa shape index (κ3) is 6.23. The summed E-state index contributed by atoms with van der Waals surface area (Å²) in [4.78, 5) is 4.28. The highest BCUT2D eigenvalue weighted by Crippen LogP contribution is 2.28. The van der Waals surface area contributed by atoms with Crippen LogP contribution in [0.5, 0.6) is 17.2 Å². The SMILES string of the molecule is C=CCOc1ccccc1CNC(=NC)NCc1ccc(OC)c(OCC)c1. The molecular formula is C22H29N3O3. The summed E-state index contributed by atoms with van der Waals surface area (Å²) in [5.74, 6) is 3.00. The average Bonchev–Trinajstić information content (AvgIpc) is 2.73. The minimum Gasteiger partial charge on any atom is -0.493 e. The molecular weight excluding hydrogens is 354 g/mol. The zero-order chi connectivity index (χ0) is 20.2. The van der Waals surface area contributed by atoms with Gasteiger partial charge in [0, 0.05) is 25.7 Å². The van der Waals surface area contributed by atoms with Crippen LogP contribution in [0, 0.1) is 0 Å². The minimum atomic E-state index is 0.476. The highest BCUT2D eigenvalue weighted by atomic mass is 16.5. The van der Waals surface area contributed by atoms with Crippen molar-refractivity contribution in [1.29, 1.82) is 0 Å². The number of nitrogens with zero attached hydrogens (tertiary/aromatic N) is 1. The summed E-state index contributed by atoms with van der Waals surface area (Å²) in [6.07, 6.45) is 1.73. The van der Waals surface area contributed by atoms with Crippen LogP contribution in [0.2, 0.25) is 0 Å². The van der Waals surface area contributed by atoms with Crippen molar-refractivity contribution in [3.05, 3.63) is 66.2 Å². The zero-order valence-corrected chi connectivity index (χ0v) is 16.8. The van der Waals surface area contributed by atoms with Gasteiger partial charge in [-0.1, -0.05) is 36.9 Å². The van der Waals surface area contributed by atoms with Crippen LogP contribution in [0.4, 0.5) is 0 Å². The van der Waals surface area contributed by atoms with E-state index < -0.39 is 0 Å². The lowest BCUT2D eigenvalue weighted by molar-refractivity contribution is 0.310. The number of nitrogens with one attached hydrogen (secondary N) is 2. The largest absolute Gasteiger partial charge is 0.493 e. The average molecular weight is 383 g/mol. The van der Waals surface area contributed by atoms with Gasteiger partial charge in [0.1, 0.15) is 12.4 Å². The van der Waals surface area contributed by atoms with Gasteiger partial charge >= 0.3 is 0 Å². The molecule has 150 valence electrons. The first-order valence-corrected chi connectivity index (χ1v) is 9.27. The number of hydrogen-bond acceptors (Lipinski definition) is 4. The summed E-state index contributed by atoms with van der Waals surface area (Å²) >= 11 is 0. The van der Waals surface area contributed by atoms with Gasteiger partial charge in [-0.05, 0) is 30.7 Å². The number of rotatable bonds is 10. The molecule has 6 nitrogen and oxygen atoms in total. The van der Waals surface area contributed by atoms with Crippen LogP contribution in [0.25, 0.3) is 0 Å². The molecule has 0 saturated heterocycles. The minimum absolute atomic E-state index is 0.476. The summed E-state index contributed by atoms with van der Waals surface area (Å²) in [6, 6.07) is 13.8. The van der Waals surface area contributed by atoms with Gasteiger partial charge in [-0.3, -0.25) is 4.99 Å². The molecule has 2 aromatic carbocycles. The maximum absolute atomic E-state index is 5.70. The number of benzene rings is 2. The van der Waals surface area contributed by atoms with Gasteiger partial charge in [-0.2, -0.15) is 0 Å². The Hall–Kier alpha value is -3.15. The highest BCUT2D eigenvalue weighted by Gasteiger charge is 2.07. The van der Waals surface area contributed by atoms with Crippen molar-refractivity contribution in [1.82, 2.24) is 10.6 Å². The molecule has 2 rings (SSSR count). The predicted octanol–water partition coefficient (Wildman–Crippen LogP) is 3.52. The molecule has 0 fully saturated rings. The van der Waals surface area contributed by atoms with Crippen molar-refractivity contribution in [3.8, 4) is 17.2 Å². The molecule has 2 N–H and O–H groups in total. The first-order valence-electron chi connectivity index (χ1n) is 9.27. The first-order chi connectivity index (χ1) is 13.7. The van der Waals surface area contributed by atoms with Crippen molar-refractivity contribution in [2.24, 2.45) is 4.99 Å². The smallest absolute Gasteiger partial charge is 0.191 e. The number of methoxy groups -OCH3 is 1. The number of guanidine groups is 1. The van der Waals surface area contributed by atoms with Crippen LogP contribution >= 0.6 is 0 Å². The fraction of sp³-hybridized carbons (Fsp3) is 0.318. The van der Waals surface area contributed by atoms with E-state index in [1.165, 1.54) is 0 Å². The van der Waals surface area contributed by atoms with E-state index >= 15 is 0 Å². The third-order valence-corrected chi connectivity index (χ3v) is 3.99. The molecule has 28 heavy (non-hydrogen) atoms. The van der Waals surface area contributed by atoms with Crippen LogP contribution in [-0.2, 0) is 13.1 Å². The molecule has 0 amide bonds. The maximum Gasteiger partial charge on any atom is 0.191 e. The van der Waals surface area contributed by atoms with Crippen molar-refractivity contribution in [3.63, 3.8) is 0 Å². The van der Waals surface area contributed by atoms with Crippen LogP contribution in [-0.4, -0.2) is 33.3 Å². The molecule has 0 radical (unpaired) electrons. The molecule has 0 aliphatic carbocycles. The molecule has 0 unspecified atom stereocenters. The second-order valence-electron chi connectivity index (χ2n) is 5.90. The standard InChI is InChI=1S/C22H29N3O3/c1-5-13-28-19-10-8-7-9-18(19)16-25-22(23-3)24-15-17-11-12-20(26-4)21(14-17)27-6-2/h5,7-12,14H,1,6,13,15-16H2,2-4H3,(H2,23,24,25). The molecule has 2 aromatic rings. The zero-order valence-electron chi connectivity index (χ0n) is 16.8. The fourth-order valence-corrected chi connectivity index (χ4v) is 2.62. The van der Waals surface area contributed by atoms with Gasteiger partial charge in [0.2, 0.25) is 0 Å². The van der Waals surface area contributed by atoms with Crippen LogP contribution in [0.3, 0.4) is 0 Å². The Morgan fingerprint density at radius 3 is 2.54 bits per heavy atom. The summed E-state index contributed by atoms with van der Waals surface area (Å²) in [7, 11) is 3.38. The molecule has 0 bridgehead atoms. The molecule has 0 saturated carbocycles. The van der Waals surface area contributed by atoms with Gasteiger partial charge in [0.05, 0.1) is 13.7 Å². The van der Waals surface area contributed by atoms with Crippen molar-refractivity contribution < 1.29 is 14.2 Å². The Balaban J connectivity index is 1.95. The van der Waals surface area contributed by atoms with Gasteiger partial charge in [-0.15, -0.1) is 0 Å². The third-order valence-electron chi connectivity index (χ3n) is 3.99. The van der Waals surface area contributed by atoms with E-state index in [2.05, 4.69) is 22.2 Å². The van der Waals surface area contributed by atoms with Gasteiger partial charge < -0.3 is 24.8 Å². The number of para-hydroxylation sites is 1. The Morgan fingerprint density at radius 2 is 1.82 bits per heavy atom. The monoisotopic (exact) mass is 383 g/mol. The Labute approximate surface area is 167 Å². The van der Waals surface area contributed by atoms with Gasteiger partial charge in [0.15, 0.2) is 17.5 Å². The molecule has 0 heterocycles. The fourth-order valence-electron chi connectivity index (χ4n) is 2.62. The maximum atomic E-state index is 5.70. The first kappa shape index (κ1) is 21.2. The number of aliphatic imine (C=N–C) groups is 1. The molecule has 0 atom stereocenters. The van der Waals surface area contributed by atoms with Gasteiger partial charge in [0.25, 0.3) is 0 Å². The quantitative estimate of drug-likeness (QED) is 0.373. The Kier molecular flexibility index (Phi) is 8.72. The van der Waals surface area contributed by atoms with Crippen LogP contribution in [0.1, 0.15) is 18.1 Å². The number of ether oxygens (including phenoxy) is 3. The van der Waals surface area contributed by atoms with Crippen LogP contribution < -0.4 is 24.8 Å². The van der Waals surface area contributed by atoms with E-state index in [0.717, 1.165) is 28.4 Å². The lowest BCUT2D eigenvalue weighted by Crippen LogP contribution is -2.36. The summed E-state index contributed by atoms with van der Waals surface area (Å²) in [5, 5.41) is 6.62. The van der Waals surface area contributed by atoms with Gasteiger partial charge in [-0.25, -0.2) is 0 Å². The van der Waals surface area contributed by atoms with Crippen LogP contribution in [0.15, 0.2) is 60.1 Å². The Bertz CT molecular complexity index is 790. The Morgan fingerprint density at radius 1 is 1.04 bits per heavy atom. The summed E-state index contributed by atoms with van der Waals surface area (Å²) in [5.41, 5.74) is 2.12. The second-order valence-corrected chi connectivity index (χ2v) is 5.90. The summed E-state index contributed by atoms with van der Waals surface area (Å²) in [6.45, 7) is 7.91. The lowest BCUT2D eigenvalue weighted by Gasteiger charge is -2.15. The molecule has 0 aliphatic heterocycles. The molecule has 0 spiro atoms. The van der Waals surface area contributed by atoms with E-state index in [4.69, 9.17) is 14.2 Å². The van der Waals surface area contributed by atoms with E-state index in [0.29, 0.717) is 32.3 Å². The normalized spacial score (nSPS) is 10.9. The predicted molar refractivity (Wildman–Crippen MR) is 113 cm³/mol. The van der Waals surface area contributed by atoms with Crippen molar-refractivity contribution in [2.45, 2.75) is 20.0 Å². The van der Waals surface area contributed by atoms with E-state index in [1.54, 1.807) is 20.2 Å².